The Hall–Kier alpha value is -2.10. The van der Waals surface area contributed by atoms with Gasteiger partial charge in [-0.2, -0.15) is 0 Å². The zero-order valence-corrected chi connectivity index (χ0v) is 9.27. The minimum Gasteiger partial charge on any atom is -0.426 e. The van der Waals surface area contributed by atoms with Crippen LogP contribution in [0.15, 0.2) is 36.0 Å². The summed E-state index contributed by atoms with van der Waals surface area (Å²) in [5.41, 5.74) is 1.67. The molecule has 1 aromatic carbocycles. The Kier molecular flexibility index (Phi) is 2.04. The van der Waals surface area contributed by atoms with E-state index in [4.69, 9.17) is 4.74 Å². The Morgan fingerprint density at radius 3 is 2.82 bits per heavy atom. The van der Waals surface area contributed by atoms with Gasteiger partial charge in [-0.3, -0.25) is 9.59 Å². The lowest BCUT2D eigenvalue weighted by Gasteiger charge is -2.32. The first-order valence-corrected chi connectivity index (χ1v) is 5.47. The van der Waals surface area contributed by atoms with Crippen LogP contribution in [0.2, 0.25) is 0 Å². The predicted octanol–water partition coefficient (Wildman–Crippen LogP) is 1.34. The van der Waals surface area contributed by atoms with Gasteiger partial charge in [-0.15, -0.1) is 0 Å². The number of nitrogens with one attached hydrogen (secondary N) is 1. The fraction of sp³-hybridized carbons (Fsp3) is 0.231. The number of ether oxygens (including phenoxy) is 1. The molecule has 0 bridgehead atoms. The maximum atomic E-state index is 11.8. The highest BCUT2D eigenvalue weighted by atomic mass is 16.5. The maximum Gasteiger partial charge on any atom is 0.324 e. The highest BCUT2D eigenvalue weighted by molar-refractivity contribution is 6.02. The van der Waals surface area contributed by atoms with E-state index in [1.165, 1.54) is 0 Å². The van der Waals surface area contributed by atoms with Crippen LogP contribution in [0.3, 0.4) is 0 Å². The van der Waals surface area contributed by atoms with Crippen molar-refractivity contribution in [1.82, 2.24) is 5.32 Å². The second-order valence-corrected chi connectivity index (χ2v) is 4.30. The Labute approximate surface area is 98.3 Å². The molecule has 4 nitrogen and oxygen atoms in total. The third-order valence-corrected chi connectivity index (χ3v) is 3.13. The van der Waals surface area contributed by atoms with E-state index in [0.29, 0.717) is 5.75 Å². The molecule has 0 aromatic heterocycles. The molecule has 17 heavy (non-hydrogen) atoms. The van der Waals surface area contributed by atoms with Crippen molar-refractivity contribution < 1.29 is 14.3 Å². The fourth-order valence-electron chi connectivity index (χ4n) is 2.39. The zero-order valence-electron chi connectivity index (χ0n) is 9.27. The van der Waals surface area contributed by atoms with E-state index >= 15 is 0 Å². The van der Waals surface area contributed by atoms with Crippen molar-refractivity contribution in [1.29, 1.82) is 0 Å². The van der Waals surface area contributed by atoms with E-state index in [1.807, 2.05) is 31.2 Å². The van der Waals surface area contributed by atoms with Crippen molar-refractivity contribution in [3.8, 4) is 5.75 Å². The monoisotopic (exact) mass is 229 g/mol. The third kappa shape index (κ3) is 1.45. The largest absolute Gasteiger partial charge is 0.426 e. The van der Waals surface area contributed by atoms with Crippen LogP contribution >= 0.6 is 0 Å². The van der Waals surface area contributed by atoms with Gasteiger partial charge in [0.05, 0.1) is 0 Å². The molecule has 4 heteroatoms. The first-order valence-electron chi connectivity index (χ1n) is 5.47. The molecule has 0 spiro atoms. The Balaban J connectivity index is 2.18. The van der Waals surface area contributed by atoms with Crippen LogP contribution in [0, 0.1) is 5.92 Å². The van der Waals surface area contributed by atoms with Crippen molar-refractivity contribution in [2.75, 3.05) is 0 Å². The summed E-state index contributed by atoms with van der Waals surface area (Å²) in [4.78, 5) is 23.6. The molecule has 1 amide bonds. The average Bonchev–Trinajstić information content (AvgIpc) is 2.28. The Morgan fingerprint density at radius 2 is 2.00 bits per heavy atom. The normalized spacial score (nSPS) is 26.3. The number of para-hydroxylation sites is 1. The molecular formula is C13H11NO3. The number of benzene rings is 1. The highest BCUT2D eigenvalue weighted by Gasteiger charge is 2.43. The average molecular weight is 229 g/mol. The van der Waals surface area contributed by atoms with Crippen LogP contribution in [0.25, 0.3) is 0 Å². The first kappa shape index (κ1) is 10.1. The van der Waals surface area contributed by atoms with E-state index in [9.17, 15) is 9.59 Å². The molecule has 3 rings (SSSR count). The van der Waals surface area contributed by atoms with Gasteiger partial charge in [-0.1, -0.05) is 24.3 Å². The van der Waals surface area contributed by atoms with E-state index in [0.717, 1.165) is 11.3 Å². The number of esters is 1. The lowest BCUT2D eigenvalue weighted by atomic mass is 9.80. The lowest BCUT2D eigenvalue weighted by molar-refractivity contribution is -0.146. The molecule has 2 heterocycles. The number of carbonyl (C=O) groups excluding carboxylic acids is 2. The second-order valence-electron chi connectivity index (χ2n) is 4.30. The minimum atomic E-state index is -0.756. The van der Waals surface area contributed by atoms with Gasteiger partial charge in [0.15, 0.2) is 0 Å². The number of hydrogen-bond donors (Lipinski definition) is 1. The number of fused-ring (bicyclic) bond motifs is 3. The van der Waals surface area contributed by atoms with Gasteiger partial charge in [0, 0.05) is 17.2 Å². The SMILES string of the molecule is CC1=CC2c3ccccc3OC(=O)C2C(=O)N1. The van der Waals surface area contributed by atoms with Crippen LogP contribution < -0.4 is 10.1 Å². The van der Waals surface area contributed by atoms with E-state index in [1.54, 1.807) is 6.07 Å². The van der Waals surface area contributed by atoms with E-state index < -0.39 is 11.9 Å². The molecule has 1 aromatic rings. The van der Waals surface area contributed by atoms with Gasteiger partial charge in [0.2, 0.25) is 5.91 Å². The van der Waals surface area contributed by atoms with Gasteiger partial charge in [0.25, 0.3) is 0 Å². The van der Waals surface area contributed by atoms with Gasteiger partial charge >= 0.3 is 5.97 Å². The number of carbonyl (C=O) groups is 2. The first-order chi connectivity index (χ1) is 8.16. The minimum absolute atomic E-state index is 0.207. The molecule has 0 saturated carbocycles. The van der Waals surface area contributed by atoms with E-state index in [2.05, 4.69) is 5.32 Å². The molecule has 0 radical (unpaired) electrons. The van der Waals surface area contributed by atoms with E-state index in [-0.39, 0.29) is 11.8 Å². The number of allylic oxidation sites excluding steroid dienone is 2. The Morgan fingerprint density at radius 1 is 1.24 bits per heavy atom. The molecule has 2 unspecified atom stereocenters. The number of hydrogen-bond acceptors (Lipinski definition) is 3. The van der Waals surface area contributed by atoms with Crippen molar-refractivity contribution in [2.24, 2.45) is 5.92 Å². The fourth-order valence-corrected chi connectivity index (χ4v) is 2.39. The summed E-state index contributed by atoms with van der Waals surface area (Å²) in [7, 11) is 0. The van der Waals surface area contributed by atoms with Crippen molar-refractivity contribution in [2.45, 2.75) is 12.8 Å². The summed E-state index contributed by atoms with van der Waals surface area (Å²) in [5.74, 6) is -1.17. The van der Waals surface area contributed by atoms with Gasteiger partial charge < -0.3 is 10.1 Å². The Bertz CT molecular complexity index is 547. The van der Waals surface area contributed by atoms with Gasteiger partial charge in [-0.05, 0) is 13.0 Å². The molecule has 0 saturated heterocycles. The maximum absolute atomic E-state index is 11.8. The number of rotatable bonds is 0. The van der Waals surface area contributed by atoms with Crippen LogP contribution in [0.1, 0.15) is 18.4 Å². The van der Waals surface area contributed by atoms with Crippen LogP contribution in [0.4, 0.5) is 0 Å². The summed E-state index contributed by atoms with van der Waals surface area (Å²) in [6, 6.07) is 7.33. The highest BCUT2D eigenvalue weighted by Crippen LogP contribution is 2.40. The second kappa shape index (κ2) is 3.45. The number of amides is 1. The van der Waals surface area contributed by atoms with Gasteiger partial charge in [-0.25, -0.2) is 0 Å². The van der Waals surface area contributed by atoms with Crippen LogP contribution in [-0.4, -0.2) is 11.9 Å². The smallest absolute Gasteiger partial charge is 0.324 e. The molecular weight excluding hydrogens is 218 g/mol. The molecule has 2 aliphatic rings. The third-order valence-electron chi connectivity index (χ3n) is 3.13. The van der Waals surface area contributed by atoms with Crippen LogP contribution in [0.5, 0.6) is 5.75 Å². The standard InChI is InChI=1S/C13H11NO3/c1-7-6-9-8-4-2-3-5-10(8)17-13(16)11(9)12(15)14-7/h2-6,9,11H,1H3,(H,14,15). The molecule has 0 fully saturated rings. The molecule has 2 aliphatic heterocycles. The van der Waals surface area contributed by atoms with Crippen molar-refractivity contribution in [3.05, 3.63) is 41.6 Å². The summed E-state index contributed by atoms with van der Waals surface area (Å²) < 4.78 is 5.18. The summed E-state index contributed by atoms with van der Waals surface area (Å²) >= 11 is 0. The van der Waals surface area contributed by atoms with Crippen LogP contribution in [-0.2, 0) is 9.59 Å². The molecule has 86 valence electrons. The molecule has 1 N–H and O–H groups in total. The summed E-state index contributed by atoms with van der Waals surface area (Å²) in [5, 5.41) is 2.66. The summed E-state index contributed by atoms with van der Waals surface area (Å²) in [6.07, 6.45) is 1.91. The molecule has 2 atom stereocenters. The quantitative estimate of drug-likeness (QED) is 0.415. The summed E-state index contributed by atoms with van der Waals surface area (Å²) in [6.45, 7) is 1.82. The van der Waals surface area contributed by atoms with Crippen molar-refractivity contribution in [3.63, 3.8) is 0 Å². The van der Waals surface area contributed by atoms with Crippen molar-refractivity contribution >= 4 is 11.9 Å². The van der Waals surface area contributed by atoms with Gasteiger partial charge in [0.1, 0.15) is 11.7 Å². The zero-order chi connectivity index (χ0) is 12.0. The topological polar surface area (TPSA) is 55.4 Å². The predicted molar refractivity (Wildman–Crippen MR) is 60.2 cm³/mol. The lowest BCUT2D eigenvalue weighted by Crippen LogP contribution is -2.45. The molecule has 0 aliphatic carbocycles.